The van der Waals surface area contributed by atoms with Gasteiger partial charge in [-0.3, -0.25) is 4.79 Å². The molecule has 1 saturated heterocycles. The van der Waals surface area contributed by atoms with Crippen LogP contribution >= 0.6 is 12.6 Å². The van der Waals surface area contributed by atoms with Crippen molar-refractivity contribution in [2.75, 3.05) is 18.8 Å². The van der Waals surface area contributed by atoms with Crippen LogP contribution in [0.1, 0.15) is 41.6 Å². The third-order valence-corrected chi connectivity index (χ3v) is 4.21. The maximum absolute atomic E-state index is 12.2. The van der Waals surface area contributed by atoms with Gasteiger partial charge in [-0.25, -0.2) is 0 Å². The van der Waals surface area contributed by atoms with Crippen molar-refractivity contribution in [3.63, 3.8) is 0 Å². The number of amides is 1. The molecular weight excluding hydrogens is 256 g/mol. The average molecular weight is 278 g/mol. The van der Waals surface area contributed by atoms with Crippen molar-refractivity contribution < 1.29 is 4.79 Å². The van der Waals surface area contributed by atoms with Crippen LogP contribution in [-0.4, -0.2) is 30.8 Å². The maximum Gasteiger partial charge on any atom is 0.251 e. The first kappa shape index (κ1) is 14.4. The summed E-state index contributed by atoms with van der Waals surface area (Å²) in [5, 5.41) is 6.42. The lowest BCUT2D eigenvalue weighted by Crippen LogP contribution is -2.42. The van der Waals surface area contributed by atoms with Crippen LogP contribution in [0.25, 0.3) is 0 Å². The lowest BCUT2D eigenvalue weighted by atomic mass is 10.00. The lowest BCUT2D eigenvalue weighted by molar-refractivity contribution is 0.0929. The minimum atomic E-state index is 0.0418. The molecule has 4 heteroatoms. The monoisotopic (exact) mass is 278 g/mol. The van der Waals surface area contributed by atoms with E-state index in [2.05, 4.69) is 36.3 Å². The van der Waals surface area contributed by atoms with Crippen LogP contribution in [0.2, 0.25) is 0 Å². The summed E-state index contributed by atoms with van der Waals surface area (Å²) < 4.78 is 0. The second kappa shape index (κ2) is 6.96. The minimum absolute atomic E-state index is 0.0418. The van der Waals surface area contributed by atoms with Gasteiger partial charge >= 0.3 is 0 Å². The fraction of sp³-hybridized carbons (Fsp3) is 0.533. The maximum atomic E-state index is 12.2. The molecule has 1 fully saturated rings. The predicted octanol–water partition coefficient (Wildman–Crippen LogP) is 2.20. The van der Waals surface area contributed by atoms with Crippen molar-refractivity contribution >= 4 is 18.5 Å². The summed E-state index contributed by atoms with van der Waals surface area (Å²) in [6, 6.07) is 8.18. The Labute approximate surface area is 120 Å². The molecule has 1 amide bonds. The number of piperidine rings is 1. The summed E-state index contributed by atoms with van der Waals surface area (Å²) in [4.78, 5) is 12.2. The van der Waals surface area contributed by atoms with Crippen LogP contribution in [-0.2, 0) is 0 Å². The van der Waals surface area contributed by atoms with Crippen LogP contribution in [0.15, 0.2) is 24.3 Å². The summed E-state index contributed by atoms with van der Waals surface area (Å²) in [7, 11) is 0. The number of carbonyl (C=O) groups is 1. The minimum Gasteiger partial charge on any atom is -0.349 e. The smallest absolute Gasteiger partial charge is 0.251 e. The number of nitrogens with one attached hydrogen (secondary N) is 2. The molecule has 1 heterocycles. The molecular formula is C15H22N2OS. The Kier molecular flexibility index (Phi) is 5.28. The Morgan fingerprint density at radius 2 is 2.21 bits per heavy atom. The van der Waals surface area contributed by atoms with Crippen LogP contribution < -0.4 is 10.6 Å². The Morgan fingerprint density at radius 3 is 2.89 bits per heavy atom. The highest BCUT2D eigenvalue weighted by atomic mass is 32.1. The summed E-state index contributed by atoms with van der Waals surface area (Å²) in [5.74, 6) is 1.20. The van der Waals surface area contributed by atoms with Crippen molar-refractivity contribution in [3.05, 3.63) is 35.4 Å². The van der Waals surface area contributed by atoms with E-state index in [4.69, 9.17) is 0 Å². The molecule has 0 radical (unpaired) electrons. The van der Waals surface area contributed by atoms with Gasteiger partial charge in [0.05, 0.1) is 0 Å². The molecule has 1 aliphatic heterocycles. The van der Waals surface area contributed by atoms with Crippen molar-refractivity contribution in [3.8, 4) is 0 Å². The Morgan fingerprint density at radius 1 is 1.47 bits per heavy atom. The van der Waals surface area contributed by atoms with E-state index < -0.39 is 0 Å². The van der Waals surface area contributed by atoms with E-state index in [1.54, 1.807) is 0 Å². The number of hydrogen-bond acceptors (Lipinski definition) is 3. The summed E-state index contributed by atoms with van der Waals surface area (Å²) in [6.07, 6.45) is 2.02. The first-order chi connectivity index (χ1) is 9.20. The third-order valence-electron chi connectivity index (χ3n) is 3.67. The second-order valence-electron chi connectivity index (χ2n) is 5.21. The highest BCUT2D eigenvalue weighted by Crippen LogP contribution is 2.18. The van der Waals surface area contributed by atoms with Gasteiger partial charge in [0.15, 0.2) is 0 Å². The molecule has 1 aromatic carbocycles. The second-order valence-corrected chi connectivity index (χ2v) is 5.57. The van der Waals surface area contributed by atoms with Crippen LogP contribution in [0.4, 0.5) is 0 Å². The van der Waals surface area contributed by atoms with Crippen LogP contribution in [0, 0.1) is 0 Å². The molecule has 2 rings (SSSR count). The number of carbonyl (C=O) groups excluding carboxylic acids is 1. The molecule has 104 valence electrons. The molecule has 19 heavy (non-hydrogen) atoms. The molecule has 1 aromatic rings. The third kappa shape index (κ3) is 3.98. The predicted molar refractivity (Wildman–Crippen MR) is 82.1 cm³/mol. The normalized spacial score (nSPS) is 18.0. The largest absolute Gasteiger partial charge is 0.349 e. The van der Waals surface area contributed by atoms with Crippen LogP contribution in [0.3, 0.4) is 0 Å². The molecule has 0 aliphatic carbocycles. The molecule has 0 spiro atoms. The van der Waals surface area contributed by atoms with Crippen molar-refractivity contribution in [1.29, 1.82) is 0 Å². The topological polar surface area (TPSA) is 41.1 Å². The van der Waals surface area contributed by atoms with Gasteiger partial charge in [0, 0.05) is 11.6 Å². The quantitative estimate of drug-likeness (QED) is 0.739. The van der Waals surface area contributed by atoms with Crippen LogP contribution in [0.5, 0.6) is 0 Å². The van der Waals surface area contributed by atoms with E-state index in [1.807, 2.05) is 18.2 Å². The molecule has 0 bridgehead atoms. The zero-order chi connectivity index (χ0) is 13.7. The van der Waals surface area contributed by atoms with Gasteiger partial charge in [-0.15, -0.1) is 0 Å². The average Bonchev–Trinajstić information content (AvgIpc) is 2.47. The number of hydrogen-bond donors (Lipinski definition) is 3. The molecule has 1 atom stereocenters. The van der Waals surface area contributed by atoms with E-state index >= 15 is 0 Å². The van der Waals surface area contributed by atoms with Crippen molar-refractivity contribution in [1.82, 2.24) is 10.6 Å². The number of benzene rings is 1. The number of thiol groups is 1. The van der Waals surface area contributed by atoms with E-state index in [0.29, 0.717) is 12.0 Å². The van der Waals surface area contributed by atoms with Gasteiger partial charge in [0.2, 0.25) is 0 Å². The molecule has 0 saturated carbocycles. The first-order valence-electron chi connectivity index (χ1n) is 6.93. The molecule has 0 aromatic heterocycles. The zero-order valence-corrected chi connectivity index (χ0v) is 12.2. The van der Waals surface area contributed by atoms with E-state index in [1.165, 1.54) is 5.56 Å². The molecule has 1 aliphatic rings. The van der Waals surface area contributed by atoms with Crippen molar-refractivity contribution in [2.45, 2.75) is 31.7 Å². The standard InChI is InChI=1S/C15H22N2OS/c1-11(10-19)12-3-2-4-13(9-12)15(18)17-14-5-7-16-8-6-14/h2-4,9,11,14,16,19H,5-8,10H2,1H3,(H,17,18). The fourth-order valence-electron chi connectivity index (χ4n) is 2.33. The van der Waals surface area contributed by atoms with E-state index in [-0.39, 0.29) is 5.91 Å². The van der Waals surface area contributed by atoms with Gasteiger partial charge in [-0.2, -0.15) is 12.6 Å². The van der Waals surface area contributed by atoms with Gasteiger partial charge < -0.3 is 10.6 Å². The van der Waals surface area contributed by atoms with Gasteiger partial charge in [-0.05, 0) is 55.3 Å². The first-order valence-corrected chi connectivity index (χ1v) is 7.56. The Balaban J connectivity index is 2.01. The lowest BCUT2D eigenvalue weighted by Gasteiger charge is -2.23. The summed E-state index contributed by atoms with van der Waals surface area (Å²) in [6.45, 7) is 4.10. The van der Waals surface area contributed by atoms with Crippen molar-refractivity contribution in [2.24, 2.45) is 0 Å². The SMILES string of the molecule is CC(CS)c1cccc(C(=O)NC2CCNCC2)c1. The molecule has 1 unspecified atom stereocenters. The zero-order valence-electron chi connectivity index (χ0n) is 11.4. The fourth-order valence-corrected chi connectivity index (χ4v) is 2.54. The van der Waals surface area contributed by atoms with Gasteiger partial charge in [-0.1, -0.05) is 19.1 Å². The molecule has 3 nitrogen and oxygen atoms in total. The van der Waals surface area contributed by atoms with E-state index in [0.717, 1.165) is 37.2 Å². The van der Waals surface area contributed by atoms with Gasteiger partial charge in [0.1, 0.15) is 0 Å². The summed E-state index contributed by atoms with van der Waals surface area (Å²) >= 11 is 4.31. The Bertz CT molecular complexity index is 430. The number of rotatable bonds is 4. The van der Waals surface area contributed by atoms with E-state index in [9.17, 15) is 4.79 Å². The highest BCUT2D eigenvalue weighted by molar-refractivity contribution is 7.80. The summed E-state index contributed by atoms with van der Waals surface area (Å²) in [5.41, 5.74) is 1.93. The Hall–Kier alpha value is -1.00. The van der Waals surface area contributed by atoms with Gasteiger partial charge in [0.25, 0.3) is 5.91 Å². The molecule has 2 N–H and O–H groups in total. The highest BCUT2D eigenvalue weighted by Gasteiger charge is 2.16.